The van der Waals surface area contributed by atoms with Gasteiger partial charge < -0.3 is 9.91 Å². The number of nitrogens with one attached hydrogen (secondary N) is 1. The molecular formula is C25H32N6O. The zero-order chi connectivity index (χ0) is 22.2. The molecule has 2 fully saturated rings. The van der Waals surface area contributed by atoms with Crippen molar-refractivity contribution in [2.24, 2.45) is 0 Å². The number of piperazine rings is 1. The highest BCUT2D eigenvalue weighted by Crippen LogP contribution is 2.32. The second-order valence-electron chi connectivity index (χ2n) is 9.00. The smallest absolute Gasteiger partial charge is 0.260 e. The molecule has 2 aromatic heterocycles. The van der Waals surface area contributed by atoms with E-state index in [-0.39, 0.29) is 11.6 Å². The first kappa shape index (κ1) is 20.9. The van der Waals surface area contributed by atoms with Gasteiger partial charge in [-0.3, -0.25) is 9.36 Å². The van der Waals surface area contributed by atoms with Crippen LogP contribution in [0, 0.1) is 6.92 Å². The van der Waals surface area contributed by atoms with Crippen LogP contribution in [-0.2, 0) is 0 Å². The highest BCUT2D eigenvalue weighted by molar-refractivity contribution is 6.05. The van der Waals surface area contributed by atoms with Crippen LogP contribution in [0.3, 0.4) is 0 Å². The van der Waals surface area contributed by atoms with Crippen LogP contribution in [0.5, 0.6) is 0 Å². The van der Waals surface area contributed by atoms with Crippen molar-refractivity contribution in [1.29, 1.82) is 0 Å². The summed E-state index contributed by atoms with van der Waals surface area (Å²) in [4.78, 5) is 25.3. The Hall–Kier alpha value is -2.93. The zero-order valence-electron chi connectivity index (χ0n) is 19.1. The highest BCUT2D eigenvalue weighted by Gasteiger charge is 2.24. The monoisotopic (exact) mass is 432 g/mol. The molecule has 1 aromatic carbocycles. The van der Waals surface area contributed by atoms with Crippen LogP contribution >= 0.6 is 0 Å². The summed E-state index contributed by atoms with van der Waals surface area (Å²) in [6, 6.07) is 6.46. The Balaban J connectivity index is 1.62. The van der Waals surface area contributed by atoms with Gasteiger partial charge >= 0.3 is 0 Å². The zero-order valence-corrected chi connectivity index (χ0v) is 19.1. The number of nitrogens with zero attached hydrogens (tertiary/aromatic N) is 5. The summed E-state index contributed by atoms with van der Waals surface area (Å²) in [7, 11) is 0. The molecule has 32 heavy (non-hydrogen) atoms. The Labute approximate surface area is 188 Å². The van der Waals surface area contributed by atoms with E-state index in [1.54, 1.807) is 0 Å². The van der Waals surface area contributed by atoms with Gasteiger partial charge in [0.2, 0.25) is 0 Å². The minimum absolute atomic E-state index is 0.0736. The van der Waals surface area contributed by atoms with Crippen molar-refractivity contribution in [2.45, 2.75) is 52.0 Å². The molecule has 1 N–H and O–H groups in total. The first-order valence-corrected chi connectivity index (χ1v) is 11.8. The molecule has 0 amide bonds. The van der Waals surface area contributed by atoms with E-state index in [4.69, 9.17) is 4.98 Å². The van der Waals surface area contributed by atoms with Crippen LogP contribution in [-0.4, -0.2) is 45.7 Å². The number of benzene rings is 1. The Morgan fingerprint density at radius 1 is 1.12 bits per heavy atom. The van der Waals surface area contributed by atoms with Crippen molar-refractivity contribution in [1.82, 2.24) is 25.0 Å². The molecule has 168 valence electrons. The lowest BCUT2D eigenvalue weighted by atomic mass is 9.94. The summed E-state index contributed by atoms with van der Waals surface area (Å²) in [5.41, 5.74) is 6.31. The van der Waals surface area contributed by atoms with Crippen LogP contribution in [0.4, 0.5) is 5.69 Å². The van der Waals surface area contributed by atoms with Crippen molar-refractivity contribution in [2.75, 3.05) is 31.1 Å². The van der Waals surface area contributed by atoms with E-state index < -0.39 is 0 Å². The number of hydrogen-bond acceptors (Lipinski definition) is 6. The van der Waals surface area contributed by atoms with E-state index in [1.807, 2.05) is 17.7 Å². The molecule has 5 rings (SSSR count). The largest absolute Gasteiger partial charge is 0.364 e. The topological polar surface area (TPSA) is 66.3 Å². The maximum atomic E-state index is 13.8. The average molecular weight is 433 g/mol. The predicted molar refractivity (Wildman–Crippen MR) is 130 cm³/mol. The molecule has 0 spiro atoms. The molecule has 1 aliphatic carbocycles. The van der Waals surface area contributed by atoms with Crippen molar-refractivity contribution in [3.8, 4) is 0 Å². The molecule has 3 aromatic rings. The lowest BCUT2D eigenvalue weighted by molar-refractivity contribution is 0.235. The van der Waals surface area contributed by atoms with Gasteiger partial charge in [0.15, 0.2) is 0 Å². The van der Waals surface area contributed by atoms with Crippen LogP contribution in [0.25, 0.3) is 21.8 Å². The fourth-order valence-corrected chi connectivity index (χ4v) is 5.24. The van der Waals surface area contributed by atoms with Crippen molar-refractivity contribution < 1.29 is 0 Å². The quantitative estimate of drug-likeness (QED) is 0.631. The van der Waals surface area contributed by atoms with Gasteiger partial charge in [0.1, 0.15) is 11.5 Å². The first-order chi connectivity index (χ1) is 15.6. The Kier molecular flexibility index (Phi) is 5.59. The van der Waals surface area contributed by atoms with Crippen molar-refractivity contribution >= 4 is 27.5 Å². The third-order valence-electron chi connectivity index (χ3n) is 6.86. The van der Waals surface area contributed by atoms with Crippen LogP contribution in [0.15, 0.2) is 41.5 Å². The van der Waals surface area contributed by atoms with Gasteiger partial charge in [-0.25, -0.2) is 15.4 Å². The summed E-state index contributed by atoms with van der Waals surface area (Å²) in [5, 5.41) is 4.78. The minimum atomic E-state index is 0.0736. The third-order valence-corrected chi connectivity index (χ3v) is 6.86. The van der Waals surface area contributed by atoms with Gasteiger partial charge in [-0.05, 0) is 37.3 Å². The number of anilines is 1. The van der Waals surface area contributed by atoms with Gasteiger partial charge in [0.05, 0.1) is 18.5 Å². The van der Waals surface area contributed by atoms with E-state index in [1.165, 1.54) is 19.3 Å². The molecule has 0 atom stereocenters. The molecular weight excluding hydrogens is 400 g/mol. The van der Waals surface area contributed by atoms with Gasteiger partial charge in [-0.2, -0.15) is 0 Å². The lowest BCUT2D eigenvalue weighted by Crippen LogP contribution is -2.50. The maximum absolute atomic E-state index is 13.8. The second kappa shape index (κ2) is 8.54. The Morgan fingerprint density at radius 2 is 1.94 bits per heavy atom. The molecule has 1 saturated carbocycles. The van der Waals surface area contributed by atoms with Crippen molar-refractivity contribution in [3.63, 3.8) is 0 Å². The summed E-state index contributed by atoms with van der Waals surface area (Å²) in [6.07, 6.45) is 7.54. The number of pyridine rings is 1. The summed E-state index contributed by atoms with van der Waals surface area (Å²) in [5.74, 6) is 0.703. The van der Waals surface area contributed by atoms with E-state index in [9.17, 15) is 4.79 Å². The molecule has 2 aliphatic rings. The molecule has 0 radical (unpaired) electrons. The number of fused-ring (bicyclic) bond motifs is 3. The standard InChI is InChI=1S/C25H32N6O/c1-4-27-30-13-12-29(16-17(30)2)20-10-11-21-22(14-20)25(32)31(19-8-6-5-7-9-19)24-23(21)15-26-18(3)28-24/h10-11,14-15,19,27H,2,4-9,12-13,16H2,1,3H3. The minimum Gasteiger partial charge on any atom is -0.364 e. The summed E-state index contributed by atoms with van der Waals surface area (Å²) >= 11 is 0. The van der Waals surface area contributed by atoms with Crippen LogP contribution in [0.2, 0.25) is 0 Å². The average Bonchev–Trinajstić information content (AvgIpc) is 2.81. The summed E-state index contributed by atoms with van der Waals surface area (Å²) < 4.78 is 1.97. The molecule has 3 heterocycles. The number of aryl methyl sites for hydroxylation is 1. The number of hydrogen-bond donors (Lipinski definition) is 1. The lowest BCUT2D eigenvalue weighted by Gasteiger charge is -2.38. The molecule has 0 unspecified atom stereocenters. The van der Waals surface area contributed by atoms with Crippen molar-refractivity contribution in [3.05, 3.63) is 52.9 Å². The molecule has 1 saturated heterocycles. The van der Waals surface area contributed by atoms with E-state index in [0.29, 0.717) is 5.82 Å². The van der Waals surface area contributed by atoms with Gasteiger partial charge in [0.25, 0.3) is 5.56 Å². The maximum Gasteiger partial charge on any atom is 0.260 e. The van der Waals surface area contributed by atoms with E-state index in [0.717, 1.165) is 72.2 Å². The Morgan fingerprint density at radius 3 is 2.69 bits per heavy atom. The van der Waals surface area contributed by atoms with Gasteiger partial charge in [-0.1, -0.05) is 38.8 Å². The van der Waals surface area contributed by atoms with E-state index >= 15 is 0 Å². The number of hydrazine groups is 1. The van der Waals surface area contributed by atoms with Gasteiger partial charge in [-0.15, -0.1) is 0 Å². The van der Waals surface area contributed by atoms with E-state index in [2.05, 4.69) is 52.0 Å². The highest BCUT2D eigenvalue weighted by atomic mass is 16.1. The number of aromatic nitrogens is 3. The predicted octanol–water partition coefficient (Wildman–Crippen LogP) is 3.92. The van der Waals surface area contributed by atoms with Gasteiger partial charge in [0, 0.05) is 42.1 Å². The third kappa shape index (κ3) is 3.64. The molecule has 7 heteroatoms. The number of rotatable bonds is 4. The Bertz CT molecular complexity index is 1230. The molecule has 1 aliphatic heterocycles. The normalized spacial score (nSPS) is 18.1. The van der Waals surface area contributed by atoms with Crippen LogP contribution in [0.1, 0.15) is 50.9 Å². The fourth-order valence-electron chi connectivity index (χ4n) is 5.24. The molecule has 7 nitrogen and oxygen atoms in total. The SMILES string of the molecule is C=C1CN(c2ccc3c(c2)c(=O)n(C2CCCCC2)c2nc(C)ncc32)CCN1NCC. The fraction of sp³-hybridized carbons (Fsp3) is 0.480. The molecule has 0 bridgehead atoms. The van der Waals surface area contributed by atoms with Crippen LogP contribution < -0.4 is 15.9 Å². The first-order valence-electron chi connectivity index (χ1n) is 11.8. The second-order valence-corrected chi connectivity index (χ2v) is 9.00. The summed E-state index contributed by atoms with van der Waals surface area (Å²) in [6.45, 7) is 11.6.